The molecule has 1 aliphatic heterocycles. The van der Waals surface area contributed by atoms with E-state index < -0.39 is 0 Å². The van der Waals surface area contributed by atoms with Crippen molar-refractivity contribution in [3.8, 4) is 0 Å². The van der Waals surface area contributed by atoms with Crippen LogP contribution in [-0.4, -0.2) is 47.4 Å². The number of anilines is 1. The average Bonchev–Trinajstić information content (AvgIpc) is 2.83. The van der Waals surface area contributed by atoms with Gasteiger partial charge < -0.3 is 10.6 Å². The van der Waals surface area contributed by atoms with Crippen molar-refractivity contribution >= 4 is 29.3 Å². The van der Waals surface area contributed by atoms with E-state index in [1.165, 1.54) is 54.7 Å². The minimum Gasteiger partial charge on any atom is -0.353 e. The summed E-state index contributed by atoms with van der Waals surface area (Å²) in [6.07, 6.45) is 10.5. The first-order valence-electron chi connectivity index (χ1n) is 13.1. The topological polar surface area (TPSA) is 61.4 Å². The van der Waals surface area contributed by atoms with Crippen LogP contribution < -0.4 is 10.6 Å². The molecular weight excluding hydrogens is 430 g/mol. The zero-order valence-corrected chi connectivity index (χ0v) is 21.1. The van der Waals surface area contributed by atoms with E-state index in [1.807, 2.05) is 17.8 Å². The fraction of sp³-hybridized carbons (Fsp3) is 0.704. The number of nitrogens with one attached hydrogen (secondary N) is 2. The van der Waals surface area contributed by atoms with Crippen molar-refractivity contribution < 1.29 is 9.59 Å². The molecule has 0 aromatic heterocycles. The smallest absolute Gasteiger partial charge is 0.227 e. The molecule has 1 aromatic carbocycles. The van der Waals surface area contributed by atoms with Crippen LogP contribution in [0.5, 0.6) is 0 Å². The number of hydrogen-bond donors (Lipinski definition) is 2. The molecule has 0 radical (unpaired) electrons. The number of nitrogens with zero attached hydrogens (tertiary/aromatic N) is 1. The van der Waals surface area contributed by atoms with Gasteiger partial charge in [0.15, 0.2) is 0 Å². The van der Waals surface area contributed by atoms with E-state index in [4.69, 9.17) is 0 Å². The van der Waals surface area contributed by atoms with Gasteiger partial charge in [-0.05, 0) is 68.6 Å². The van der Waals surface area contributed by atoms with Crippen LogP contribution in [0.15, 0.2) is 18.2 Å². The fourth-order valence-electron chi connectivity index (χ4n) is 5.67. The second kappa shape index (κ2) is 12.3. The molecule has 2 N–H and O–H groups in total. The molecule has 0 unspecified atom stereocenters. The Morgan fingerprint density at radius 3 is 2.45 bits per heavy atom. The van der Waals surface area contributed by atoms with Crippen LogP contribution in [0.25, 0.3) is 0 Å². The summed E-state index contributed by atoms with van der Waals surface area (Å²) < 4.78 is 0. The van der Waals surface area contributed by atoms with E-state index in [2.05, 4.69) is 34.6 Å². The molecule has 3 fully saturated rings. The van der Waals surface area contributed by atoms with Gasteiger partial charge in [-0.25, -0.2) is 0 Å². The maximum absolute atomic E-state index is 13.0. The minimum absolute atomic E-state index is 0.0404. The van der Waals surface area contributed by atoms with Crippen LogP contribution in [0.4, 0.5) is 5.69 Å². The maximum atomic E-state index is 13.0. The molecule has 1 saturated heterocycles. The predicted molar refractivity (Wildman–Crippen MR) is 137 cm³/mol. The molecule has 2 amide bonds. The molecule has 33 heavy (non-hydrogen) atoms. The van der Waals surface area contributed by atoms with Gasteiger partial charge >= 0.3 is 0 Å². The second-order valence-corrected chi connectivity index (χ2v) is 11.5. The Hall–Kier alpha value is -1.53. The molecule has 0 bridgehead atoms. The monoisotopic (exact) mass is 471 g/mol. The Bertz CT molecular complexity index is 795. The molecule has 2 aliphatic carbocycles. The lowest BCUT2D eigenvalue weighted by molar-refractivity contribution is -0.123. The van der Waals surface area contributed by atoms with Crippen molar-refractivity contribution in [3.63, 3.8) is 0 Å². The van der Waals surface area contributed by atoms with Gasteiger partial charge in [0.1, 0.15) is 0 Å². The predicted octanol–water partition coefficient (Wildman–Crippen LogP) is 5.13. The summed E-state index contributed by atoms with van der Waals surface area (Å²) >= 11 is 2.03. The zero-order chi connectivity index (χ0) is 23.0. The van der Waals surface area contributed by atoms with Gasteiger partial charge in [0.25, 0.3) is 0 Å². The lowest BCUT2D eigenvalue weighted by Gasteiger charge is -2.30. The van der Waals surface area contributed by atoms with Crippen LogP contribution in [-0.2, 0) is 16.1 Å². The van der Waals surface area contributed by atoms with Crippen molar-refractivity contribution in [2.75, 3.05) is 29.9 Å². The third kappa shape index (κ3) is 7.22. The number of benzene rings is 1. The van der Waals surface area contributed by atoms with E-state index in [-0.39, 0.29) is 23.8 Å². The first-order chi connectivity index (χ1) is 16.1. The maximum Gasteiger partial charge on any atom is 0.227 e. The first-order valence-corrected chi connectivity index (χ1v) is 14.2. The number of amides is 2. The minimum atomic E-state index is 0.0404. The van der Waals surface area contributed by atoms with Crippen LogP contribution in [0.1, 0.15) is 75.3 Å². The van der Waals surface area contributed by atoms with Crippen LogP contribution in [0, 0.1) is 18.8 Å². The Balaban J connectivity index is 1.22. The van der Waals surface area contributed by atoms with Gasteiger partial charge in [-0.2, -0.15) is 11.8 Å². The summed E-state index contributed by atoms with van der Waals surface area (Å²) in [7, 11) is 0. The average molecular weight is 472 g/mol. The normalized spacial score (nSPS) is 24.9. The summed E-state index contributed by atoms with van der Waals surface area (Å²) in [4.78, 5) is 28.0. The third-order valence-electron chi connectivity index (χ3n) is 7.86. The summed E-state index contributed by atoms with van der Waals surface area (Å²) in [6, 6.07) is 6.52. The van der Waals surface area contributed by atoms with Gasteiger partial charge in [0.2, 0.25) is 11.8 Å². The lowest BCUT2D eigenvalue weighted by Crippen LogP contribution is -2.40. The Kier molecular flexibility index (Phi) is 9.13. The second-order valence-electron chi connectivity index (χ2n) is 10.3. The molecule has 2 saturated carbocycles. The molecule has 3 aliphatic rings. The van der Waals surface area contributed by atoms with Crippen molar-refractivity contribution in [1.29, 1.82) is 0 Å². The van der Waals surface area contributed by atoms with Crippen molar-refractivity contribution in [2.24, 2.45) is 11.8 Å². The zero-order valence-electron chi connectivity index (χ0n) is 20.2. The number of thioether (sulfide) groups is 1. The Labute approximate surface area is 203 Å². The highest BCUT2D eigenvalue weighted by Gasteiger charge is 2.28. The number of carbonyl (C=O) groups is 2. The van der Waals surface area contributed by atoms with Crippen molar-refractivity contribution in [2.45, 2.75) is 83.7 Å². The van der Waals surface area contributed by atoms with E-state index in [9.17, 15) is 9.59 Å². The quantitative estimate of drug-likeness (QED) is 0.579. The lowest BCUT2D eigenvalue weighted by atomic mass is 9.84. The largest absolute Gasteiger partial charge is 0.353 e. The molecule has 4 rings (SSSR count). The fourth-order valence-corrected chi connectivity index (χ4v) is 6.64. The van der Waals surface area contributed by atoms with Crippen molar-refractivity contribution in [3.05, 3.63) is 29.3 Å². The molecule has 1 heterocycles. The van der Waals surface area contributed by atoms with Crippen LogP contribution >= 0.6 is 11.8 Å². The van der Waals surface area contributed by atoms with Gasteiger partial charge in [-0.1, -0.05) is 31.4 Å². The first kappa shape index (κ1) is 24.6. The van der Waals surface area contributed by atoms with E-state index in [0.717, 1.165) is 51.0 Å². The van der Waals surface area contributed by atoms with Gasteiger partial charge in [0.05, 0.1) is 0 Å². The van der Waals surface area contributed by atoms with Crippen LogP contribution in [0.3, 0.4) is 0 Å². The SMILES string of the molecule is Cc1c(CN2CCSCC2)cccc1NC(=O)C1CCC(NC(=O)CC2CCCCC2)CC1. The van der Waals surface area contributed by atoms with E-state index in [0.29, 0.717) is 12.3 Å². The molecule has 0 atom stereocenters. The summed E-state index contributed by atoms with van der Waals surface area (Å²) in [5.74, 6) is 3.39. The third-order valence-corrected chi connectivity index (χ3v) is 8.81. The summed E-state index contributed by atoms with van der Waals surface area (Å²) in [5.41, 5.74) is 3.45. The standard InChI is InChI=1S/C27H41N3O2S/c1-20-23(19-30-14-16-33-17-15-30)8-5-9-25(20)29-27(32)22-10-12-24(13-11-22)28-26(31)18-21-6-3-2-4-7-21/h5,8-9,21-22,24H,2-4,6-7,10-19H2,1H3,(H,28,31)(H,29,32). The highest BCUT2D eigenvalue weighted by Crippen LogP contribution is 2.29. The van der Waals surface area contributed by atoms with E-state index in [1.54, 1.807) is 0 Å². The number of rotatable bonds is 7. The molecule has 0 spiro atoms. The van der Waals surface area contributed by atoms with Crippen LogP contribution in [0.2, 0.25) is 0 Å². The van der Waals surface area contributed by atoms with E-state index >= 15 is 0 Å². The highest BCUT2D eigenvalue weighted by atomic mass is 32.2. The van der Waals surface area contributed by atoms with Gasteiger partial charge in [0, 0.05) is 55.2 Å². The number of hydrogen-bond acceptors (Lipinski definition) is 4. The molecule has 6 heteroatoms. The summed E-state index contributed by atoms with van der Waals surface area (Å²) in [5, 5.41) is 6.47. The van der Waals surface area contributed by atoms with Gasteiger partial charge in [-0.3, -0.25) is 14.5 Å². The molecule has 5 nitrogen and oxygen atoms in total. The molecular formula is C27H41N3O2S. The highest BCUT2D eigenvalue weighted by molar-refractivity contribution is 7.99. The summed E-state index contributed by atoms with van der Waals surface area (Å²) in [6.45, 7) is 5.37. The number of carbonyl (C=O) groups excluding carboxylic acids is 2. The van der Waals surface area contributed by atoms with Crippen molar-refractivity contribution in [1.82, 2.24) is 10.2 Å². The molecule has 1 aromatic rings. The molecule has 182 valence electrons. The Morgan fingerprint density at radius 2 is 1.73 bits per heavy atom. The Morgan fingerprint density at radius 1 is 1.00 bits per heavy atom. The van der Waals surface area contributed by atoms with Gasteiger partial charge in [-0.15, -0.1) is 0 Å².